The van der Waals surface area contributed by atoms with Gasteiger partial charge in [0, 0.05) is 6.54 Å². The lowest BCUT2D eigenvalue weighted by Gasteiger charge is -1.98. The molecule has 1 N–H and O–H groups in total. The van der Waals surface area contributed by atoms with Gasteiger partial charge in [0.15, 0.2) is 0 Å². The van der Waals surface area contributed by atoms with Crippen LogP contribution >= 0.6 is 0 Å². The molecule has 5 heteroatoms. The Bertz CT molecular complexity index is 497. The molecule has 0 atom stereocenters. The summed E-state index contributed by atoms with van der Waals surface area (Å²) >= 11 is 0. The van der Waals surface area contributed by atoms with Gasteiger partial charge in [-0.3, -0.25) is 0 Å². The van der Waals surface area contributed by atoms with Crippen molar-refractivity contribution in [2.45, 2.75) is 11.3 Å². The number of halogens is 1. The molecule has 1 aromatic carbocycles. The highest BCUT2D eigenvalue weighted by Gasteiger charge is 2.11. The minimum Gasteiger partial charge on any atom is -0.313 e. The maximum absolute atomic E-state index is 12.6. The van der Waals surface area contributed by atoms with Crippen LogP contribution in [0.15, 0.2) is 34.7 Å². The molecule has 2 rings (SSSR count). The predicted molar refractivity (Wildman–Crippen MR) is 60.2 cm³/mol. The Kier molecular flexibility index (Phi) is 3.07. The average Bonchev–Trinajstić information content (AvgIpc) is 2.70. The molecule has 0 bridgehead atoms. The Hall–Kier alpha value is -1.20. The molecule has 0 amide bonds. The highest BCUT2D eigenvalue weighted by Crippen LogP contribution is 2.16. The molecule has 0 spiro atoms. The molecule has 1 saturated heterocycles. The predicted octanol–water partition coefficient (Wildman–Crippen LogP) is 1.72. The fourth-order valence-electron chi connectivity index (χ4n) is 1.67. The van der Waals surface area contributed by atoms with E-state index in [1.807, 2.05) is 6.08 Å². The van der Waals surface area contributed by atoms with E-state index in [1.165, 1.54) is 17.7 Å². The Morgan fingerprint density at radius 3 is 2.44 bits per heavy atom. The first kappa shape index (κ1) is 11.3. The summed E-state index contributed by atoms with van der Waals surface area (Å²) in [5, 5.41) is 3.20. The smallest absolute Gasteiger partial charge is 0.313 e. The minimum absolute atomic E-state index is 0.292. The first-order valence-electron chi connectivity index (χ1n) is 5.00. The summed E-state index contributed by atoms with van der Waals surface area (Å²) in [5.41, 5.74) is 2.17. The van der Waals surface area contributed by atoms with E-state index in [4.69, 9.17) is 0 Å². The Labute approximate surface area is 94.2 Å². The van der Waals surface area contributed by atoms with Gasteiger partial charge in [-0.2, -0.15) is 8.42 Å². The summed E-state index contributed by atoms with van der Waals surface area (Å²) in [5.74, 6) is 0. The first-order chi connectivity index (χ1) is 7.55. The lowest BCUT2D eigenvalue weighted by Crippen LogP contribution is -2.04. The van der Waals surface area contributed by atoms with Gasteiger partial charge >= 0.3 is 10.2 Å². The zero-order chi connectivity index (χ0) is 11.6. The molecule has 0 radical (unpaired) electrons. The maximum atomic E-state index is 12.6. The van der Waals surface area contributed by atoms with Crippen molar-refractivity contribution in [3.8, 4) is 0 Å². The second kappa shape index (κ2) is 4.35. The summed E-state index contributed by atoms with van der Waals surface area (Å²) in [4.78, 5) is -0.292. The van der Waals surface area contributed by atoms with Crippen LogP contribution in [0.25, 0.3) is 6.08 Å². The van der Waals surface area contributed by atoms with Gasteiger partial charge in [0.1, 0.15) is 0 Å². The van der Waals surface area contributed by atoms with E-state index in [-0.39, 0.29) is 4.90 Å². The molecule has 1 heterocycles. The average molecular weight is 241 g/mol. The molecule has 1 fully saturated rings. The number of benzene rings is 1. The number of nitrogens with one attached hydrogen (secondary N) is 1. The van der Waals surface area contributed by atoms with E-state index in [1.54, 1.807) is 12.1 Å². The third-order valence-electron chi connectivity index (χ3n) is 2.51. The number of hydrogen-bond donors (Lipinski definition) is 1. The highest BCUT2D eigenvalue weighted by molar-refractivity contribution is 7.86. The SMILES string of the molecule is O=S(=O)(F)c1ccc(/C=C2/CCNC2)cc1. The van der Waals surface area contributed by atoms with Gasteiger partial charge in [0.2, 0.25) is 0 Å². The van der Waals surface area contributed by atoms with Crippen LogP contribution in [-0.2, 0) is 10.2 Å². The molecule has 0 aliphatic carbocycles. The first-order valence-corrected chi connectivity index (χ1v) is 6.39. The molecule has 1 aromatic rings. The monoisotopic (exact) mass is 241 g/mol. The molecular formula is C11H12FNO2S. The van der Waals surface area contributed by atoms with Crippen LogP contribution in [0.4, 0.5) is 3.89 Å². The van der Waals surface area contributed by atoms with E-state index < -0.39 is 10.2 Å². The summed E-state index contributed by atoms with van der Waals surface area (Å²) in [6.45, 7) is 1.84. The van der Waals surface area contributed by atoms with Gasteiger partial charge in [-0.1, -0.05) is 23.8 Å². The lowest BCUT2D eigenvalue weighted by molar-refractivity contribution is 0.552. The maximum Gasteiger partial charge on any atom is 0.332 e. The Balaban J connectivity index is 2.23. The van der Waals surface area contributed by atoms with Gasteiger partial charge in [-0.25, -0.2) is 0 Å². The normalized spacial score (nSPS) is 19.2. The van der Waals surface area contributed by atoms with Crippen molar-refractivity contribution in [2.75, 3.05) is 13.1 Å². The zero-order valence-electron chi connectivity index (χ0n) is 8.61. The number of rotatable bonds is 2. The van der Waals surface area contributed by atoms with Crippen molar-refractivity contribution in [3.63, 3.8) is 0 Å². The molecule has 0 unspecified atom stereocenters. The molecule has 86 valence electrons. The van der Waals surface area contributed by atoms with Crippen molar-refractivity contribution in [1.82, 2.24) is 5.32 Å². The summed E-state index contributed by atoms with van der Waals surface area (Å²) < 4.78 is 33.8. The Morgan fingerprint density at radius 2 is 1.94 bits per heavy atom. The topological polar surface area (TPSA) is 46.2 Å². The standard InChI is InChI=1S/C11H12FNO2S/c12-16(14,15)11-3-1-9(2-4-11)7-10-5-6-13-8-10/h1-4,7,13H,5-6,8H2/b10-7-. The molecule has 0 saturated carbocycles. The van der Waals surface area contributed by atoms with Crippen molar-refractivity contribution in [3.05, 3.63) is 35.4 Å². The van der Waals surface area contributed by atoms with Crippen LogP contribution in [0.3, 0.4) is 0 Å². The van der Waals surface area contributed by atoms with Gasteiger partial charge in [-0.15, -0.1) is 3.89 Å². The second-order valence-corrected chi connectivity index (χ2v) is 5.08. The van der Waals surface area contributed by atoms with Crippen molar-refractivity contribution < 1.29 is 12.3 Å². The van der Waals surface area contributed by atoms with E-state index in [2.05, 4.69) is 5.32 Å². The van der Waals surface area contributed by atoms with Crippen LogP contribution in [0.2, 0.25) is 0 Å². The quantitative estimate of drug-likeness (QED) is 0.802. The summed E-state index contributed by atoms with van der Waals surface area (Å²) in [7, 11) is -4.58. The largest absolute Gasteiger partial charge is 0.332 e. The Morgan fingerprint density at radius 1 is 1.25 bits per heavy atom. The van der Waals surface area contributed by atoms with Crippen LogP contribution in [-0.4, -0.2) is 21.5 Å². The molecule has 3 nitrogen and oxygen atoms in total. The third-order valence-corrected chi connectivity index (χ3v) is 3.34. The van der Waals surface area contributed by atoms with Gasteiger partial charge in [0.25, 0.3) is 0 Å². The van der Waals surface area contributed by atoms with Crippen LogP contribution < -0.4 is 5.32 Å². The molecule has 1 aliphatic heterocycles. The van der Waals surface area contributed by atoms with Crippen molar-refractivity contribution in [1.29, 1.82) is 0 Å². The van der Waals surface area contributed by atoms with Gasteiger partial charge in [0.05, 0.1) is 4.90 Å². The van der Waals surface area contributed by atoms with Crippen molar-refractivity contribution in [2.24, 2.45) is 0 Å². The fraction of sp³-hybridized carbons (Fsp3) is 0.273. The van der Waals surface area contributed by atoms with Gasteiger partial charge in [-0.05, 0) is 30.7 Å². The molecule has 16 heavy (non-hydrogen) atoms. The van der Waals surface area contributed by atoms with E-state index >= 15 is 0 Å². The lowest BCUT2D eigenvalue weighted by atomic mass is 10.1. The van der Waals surface area contributed by atoms with Crippen LogP contribution in [0.5, 0.6) is 0 Å². The molecule has 1 aliphatic rings. The molecule has 0 aromatic heterocycles. The highest BCUT2D eigenvalue weighted by atomic mass is 32.3. The molecular weight excluding hydrogens is 229 g/mol. The van der Waals surface area contributed by atoms with Crippen LogP contribution in [0, 0.1) is 0 Å². The van der Waals surface area contributed by atoms with E-state index in [0.717, 1.165) is 25.1 Å². The minimum atomic E-state index is -4.58. The fourth-order valence-corrected chi connectivity index (χ4v) is 2.13. The summed E-state index contributed by atoms with van der Waals surface area (Å²) in [6.07, 6.45) is 3.00. The van der Waals surface area contributed by atoms with Gasteiger partial charge < -0.3 is 5.32 Å². The van der Waals surface area contributed by atoms with Crippen molar-refractivity contribution >= 4 is 16.3 Å². The van der Waals surface area contributed by atoms with E-state index in [9.17, 15) is 12.3 Å². The van der Waals surface area contributed by atoms with Crippen LogP contribution in [0.1, 0.15) is 12.0 Å². The zero-order valence-corrected chi connectivity index (χ0v) is 9.43. The summed E-state index contributed by atoms with van der Waals surface area (Å²) in [6, 6.07) is 5.78. The van der Waals surface area contributed by atoms with E-state index in [0.29, 0.717) is 0 Å². The third kappa shape index (κ3) is 2.68. The number of hydrogen-bond acceptors (Lipinski definition) is 3. The second-order valence-electron chi connectivity index (χ2n) is 3.74.